The summed E-state index contributed by atoms with van der Waals surface area (Å²) in [6.07, 6.45) is 1.07. The minimum absolute atomic E-state index is 0.174. The molecule has 1 N–H and O–H groups in total. The maximum atomic E-state index is 12.9. The molecule has 148 valence electrons. The van der Waals surface area contributed by atoms with Gasteiger partial charge in [-0.05, 0) is 43.2 Å². The highest BCUT2D eigenvalue weighted by Gasteiger charge is 2.39. The van der Waals surface area contributed by atoms with Gasteiger partial charge >= 0.3 is 0 Å². The maximum absolute atomic E-state index is 12.9. The fraction of sp³-hybridized carbons (Fsp3) is 0.300. The first-order chi connectivity index (χ1) is 13.3. The summed E-state index contributed by atoms with van der Waals surface area (Å²) in [5.41, 5.74) is 0.907. The number of benzene rings is 2. The Balaban J connectivity index is 1.79. The van der Waals surface area contributed by atoms with Crippen LogP contribution in [0.15, 0.2) is 59.5 Å². The highest BCUT2D eigenvalue weighted by atomic mass is 32.2. The minimum atomic E-state index is -3.75. The molecule has 1 saturated heterocycles. The predicted octanol–water partition coefficient (Wildman–Crippen LogP) is 2.18. The fourth-order valence-electron chi connectivity index (χ4n) is 3.23. The first kappa shape index (κ1) is 20.0. The third kappa shape index (κ3) is 4.07. The molecule has 1 heterocycles. The van der Waals surface area contributed by atoms with Crippen molar-refractivity contribution in [2.75, 3.05) is 26.0 Å². The van der Waals surface area contributed by atoms with Crippen molar-refractivity contribution < 1.29 is 18.0 Å². The lowest BCUT2D eigenvalue weighted by Gasteiger charge is -2.23. The third-order valence-electron chi connectivity index (χ3n) is 4.64. The van der Waals surface area contributed by atoms with E-state index in [0.717, 1.165) is 0 Å². The Kier molecular flexibility index (Phi) is 5.81. The van der Waals surface area contributed by atoms with Crippen LogP contribution in [-0.4, -0.2) is 56.1 Å². The number of carbonyl (C=O) groups is 2. The zero-order valence-corrected chi connectivity index (χ0v) is 16.6. The SMILES string of the molecule is CN(C)C(=O)c1cccc(NC(=O)C2CCCN2S(=O)(=O)c2ccccc2)c1. The summed E-state index contributed by atoms with van der Waals surface area (Å²) in [6, 6.07) is 13.9. The predicted molar refractivity (Wildman–Crippen MR) is 106 cm³/mol. The second kappa shape index (κ2) is 8.12. The molecule has 0 saturated carbocycles. The van der Waals surface area contributed by atoms with Gasteiger partial charge in [0.05, 0.1) is 4.90 Å². The van der Waals surface area contributed by atoms with E-state index in [9.17, 15) is 18.0 Å². The zero-order valence-electron chi connectivity index (χ0n) is 15.8. The largest absolute Gasteiger partial charge is 0.345 e. The van der Waals surface area contributed by atoms with E-state index < -0.39 is 22.0 Å². The lowest BCUT2D eigenvalue weighted by Crippen LogP contribution is -2.43. The van der Waals surface area contributed by atoms with Crippen LogP contribution in [0.4, 0.5) is 5.69 Å². The van der Waals surface area contributed by atoms with Crippen LogP contribution in [0.3, 0.4) is 0 Å². The van der Waals surface area contributed by atoms with Gasteiger partial charge in [0, 0.05) is 31.9 Å². The second-order valence-corrected chi connectivity index (χ2v) is 8.75. The maximum Gasteiger partial charge on any atom is 0.253 e. The van der Waals surface area contributed by atoms with Gasteiger partial charge in [0.25, 0.3) is 5.91 Å². The van der Waals surface area contributed by atoms with Crippen LogP contribution >= 0.6 is 0 Å². The van der Waals surface area contributed by atoms with Crippen molar-refractivity contribution in [1.82, 2.24) is 9.21 Å². The normalized spacial score (nSPS) is 17.3. The first-order valence-corrected chi connectivity index (χ1v) is 10.4. The summed E-state index contributed by atoms with van der Waals surface area (Å²) in [5.74, 6) is -0.572. The Hall–Kier alpha value is -2.71. The number of anilines is 1. The molecule has 2 aromatic carbocycles. The smallest absolute Gasteiger partial charge is 0.253 e. The van der Waals surface area contributed by atoms with Crippen LogP contribution in [0.5, 0.6) is 0 Å². The first-order valence-electron chi connectivity index (χ1n) is 9.00. The van der Waals surface area contributed by atoms with Crippen LogP contribution in [0.25, 0.3) is 0 Å². The van der Waals surface area contributed by atoms with Gasteiger partial charge in [-0.25, -0.2) is 8.42 Å². The summed E-state index contributed by atoms with van der Waals surface area (Å²) < 4.78 is 27.1. The van der Waals surface area contributed by atoms with Gasteiger partial charge in [-0.3, -0.25) is 9.59 Å². The molecule has 1 unspecified atom stereocenters. The number of rotatable bonds is 5. The van der Waals surface area contributed by atoms with E-state index in [-0.39, 0.29) is 10.8 Å². The van der Waals surface area contributed by atoms with E-state index in [4.69, 9.17) is 0 Å². The molecule has 1 aliphatic rings. The number of nitrogens with zero attached hydrogens (tertiary/aromatic N) is 2. The fourth-order valence-corrected chi connectivity index (χ4v) is 4.91. The topological polar surface area (TPSA) is 86.8 Å². The molecule has 7 nitrogen and oxygen atoms in total. The highest BCUT2D eigenvalue weighted by molar-refractivity contribution is 7.89. The molecule has 0 radical (unpaired) electrons. The van der Waals surface area contributed by atoms with Crippen molar-refractivity contribution in [3.8, 4) is 0 Å². The van der Waals surface area contributed by atoms with Crippen molar-refractivity contribution in [3.05, 3.63) is 60.2 Å². The second-order valence-electron chi connectivity index (χ2n) is 6.86. The van der Waals surface area contributed by atoms with E-state index in [1.807, 2.05) is 0 Å². The quantitative estimate of drug-likeness (QED) is 0.832. The van der Waals surface area contributed by atoms with Crippen LogP contribution in [-0.2, 0) is 14.8 Å². The molecule has 3 rings (SSSR count). The molecule has 28 heavy (non-hydrogen) atoms. The number of amides is 2. The summed E-state index contributed by atoms with van der Waals surface area (Å²) in [4.78, 5) is 26.5. The summed E-state index contributed by atoms with van der Waals surface area (Å²) in [7, 11) is -0.444. The molecule has 2 amide bonds. The molecule has 0 spiro atoms. The molecule has 1 aliphatic heterocycles. The highest BCUT2D eigenvalue weighted by Crippen LogP contribution is 2.27. The van der Waals surface area contributed by atoms with Gasteiger partial charge in [-0.2, -0.15) is 4.31 Å². The molecule has 0 aromatic heterocycles. The Bertz CT molecular complexity index is 974. The standard InChI is InChI=1S/C20H23N3O4S/c1-22(2)20(25)15-8-6-9-16(14-15)21-19(24)18-12-7-13-23(18)28(26,27)17-10-4-3-5-11-17/h3-6,8-11,14,18H,7,12-13H2,1-2H3,(H,21,24). The van der Waals surface area contributed by atoms with Crippen LogP contribution in [0, 0.1) is 0 Å². The minimum Gasteiger partial charge on any atom is -0.345 e. The van der Waals surface area contributed by atoms with E-state index >= 15 is 0 Å². The van der Waals surface area contributed by atoms with Gasteiger partial charge in [0.1, 0.15) is 6.04 Å². The van der Waals surface area contributed by atoms with Gasteiger partial charge < -0.3 is 10.2 Å². The Morgan fingerprint density at radius 2 is 1.79 bits per heavy atom. The number of carbonyl (C=O) groups excluding carboxylic acids is 2. The van der Waals surface area contributed by atoms with E-state index in [1.165, 1.54) is 21.3 Å². The van der Waals surface area contributed by atoms with Crippen molar-refractivity contribution in [3.63, 3.8) is 0 Å². The number of hydrogen-bond donors (Lipinski definition) is 1. The van der Waals surface area contributed by atoms with Crippen molar-refractivity contribution in [1.29, 1.82) is 0 Å². The van der Waals surface area contributed by atoms with Crippen LogP contribution < -0.4 is 5.32 Å². The Morgan fingerprint density at radius 1 is 1.07 bits per heavy atom. The molecule has 0 aliphatic carbocycles. The lowest BCUT2D eigenvalue weighted by atomic mass is 10.1. The van der Waals surface area contributed by atoms with E-state index in [0.29, 0.717) is 30.6 Å². The van der Waals surface area contributed by atoms with Gasteiger partial charge in [-0.15, -0.1) is 0 Å². The average molecular weight is 401 g/mol. The molecule has 1 atom stereocenters. The Labute approximate surface area is 165 Å². The Morgan fingerprint density at radius 3 is 2.46 bits per heavy atom. The monoisotopic (exact) mass is 401 g/mol. The van der Waals surface area contributed by atoms with Crippen molar-refractivity contribution in [2.45, 2.75) is 23.8 Å². The van der Waals surface area contributed by atoms with Crippen LogP contribution in [0.1, 0.15) is 23.2 Å². The number of hydrogen-bond acceptors (Lipinski definition) is 4. The lowest BCUT2D eigenvalue weighted by molar-refractivity contribution is -0.119. The molecule has 2 aromatic rings. The van der Waals surface area contributed by atoms with Crippen molar-refractivity contribution in [2.24, 2.45) is 0 Å². The van der Waals surface area contributed by atoms with Crippen LogP contribution in [0.2, 0.25) is 0 Å². The van der Waals surface area contributed by atoms with E-state index in [2.05, 4.69) is 5.32 Å². The third-order valence-corrected chi connectivity index (χ3v) is 6.56. The average Bonchev–Trinajstić information content (AvgIpc) is 3.19. The summed E-state index contributed by atoms with van der Waals surface area (Å²) in [5, 5.41) is 2.76. The van der Waals surface area contributed by atoms with Gasteiger partial charge in [-0.1, -0.05) is 24.3 Å². The zero-order chi connectivity index (χ0) is 20.3. The molecule has 1 fully saturated rings. The van der Waals surface area contributed by atoms with Crippen molar-refractivity contribution >= 4 is 27.5 Å². The molecular formula is C20H23N3O4S. The molecular weight excluding hydrogens is 378 g/mol. The number of sulfonamides is 1. The van der Waals surface area contributed by atoms with Gasteiger partial charge in [0.2, 0.25) is 15.9 Å². The number of nitrogens with one attached hydrogen (secondary N) is 1. The van der Waals surface area contributed by atoms with E-state index in [1.54, 1.807) is 56.6 Å². The summed E-state index contributed by atoms with van der Waals surface area (Å²) >= 11 is 0. The molecule has 0 bridgehead atoms. The molecule has 8 heteroatoms. The summed E-state index contributed by atoms with van der Waals surface area (Å²) in [6.45, 7) is 0.300. The van der Waals surface area contributed by atoms with Gasteiger partial charge in [0.15, 0.2) is 0 Å².